The van der Waals surface area contributed by atoms with Crippen molar-refractivity contribution in [1.29, 1.82) is 0 Å². The number of aliphatic hydroxyl groups excluding tert-OH is 1. The van der Waals surface area contributed by atoms with E-state index in [-0.39, 0.29) is 12.2 Å². The molecule has 1 aliphatic carbocycles. The molecule has 1 rings (SSSR count). The Kier molecular flexibility index (Phi) is 5.09. The minimum Gasteiger partial charge on any atom is -0.390 e. The Labute approximate surface area is 80.6 Å². The average Bonchev–Trinajstić information content (AvgIpc) is 2.11. The van der Waals surface area contributed by atoms with E-state index in [1.165, 1.54) is 19.3 Å². The van der Waals surface area contributed by atoms with Gasteiger partial charge in [0.15, 0.2) is 0 Å². The molecule has 2 atom stereocenters. The second kappa shape index (κ2) is 6.17. The first-order valence-electron chi connectivity index (χ1n) is 5.25. The molecule has 1 aliphatic rings. The molecule has 0 amide bonds. The number of hydrogen-bond acceptors (Lipinski definition) is 2. The molecule has 1 N–H and O–H groups in total. The van der Waals surface area contributed by atoms with E-state index in [4.69, 9.17) is 4.74 Å². The van der Waals surface area contributed by atoms with Gasteiger partial charge < -0.3 is 9.84 Å². The maximum absolute atomic E-state index is 9.74. The highest BCUT2D eigenvalue weighted by atomic mass is 16.5. The van der Waals surface area contributed by atoms with E-state index < -0.39 is 0 Å². The second-order valence-corrected chi connectivity index (χ2v) is 3.72. The van der Waals surface area contributed by atoms with E-state index in [9.17, 15) is 5.11 Å². The maximum atomic E-state index is 9.74. The van der Waals surface area contributed by atoms with Crippen molar-refractivity contribution in [3.8, 4) is 0 Å². The zero-order valence-corrected chi connectivity index (χ0v) is 8.24. The predicted octanol–water partition coefficient (Wildman–Crippen LogP) is 2.27. The lowest BCUT2D eigenvalue weighted by Crippen LogP contribution is -2.30. The van der Waals surface area contributed by atoms with Crippen LogP contribution in [0.1, 0.15) is 38.5 Å². The standard InChI is InChI=1S/C11H20O2/c1-2-9-13-11-8-6-4-3-5-7-10(11)12/h2,10-12H,1,3-9H2. The molecule has 0 aromatic carbocycles. The van der Waals surface area contributed by atoms with Crippen molar-refractivity contribution >= 4 is 0 Å². The first kappa shape index (κ1) is 10.7. The fraction of sp³-hybridized carbons (Fsp3) is 0.818. The number of hydrogen-bond donors (Lipinski definition) is 1. The summed E-state index contributed by atoms with van der Waals surface area (Å²) in [5.74, 6) is 0. The summed E-state index contributed by atoms with van der Waals surface area (Å²) in [6, 6.07) is 0. The Morgan fingerprint density at radius 1 is 1.23 bits per heavy atom. The predicted molar refractivity (Wildman–Crippen MR) is 53.6 cm³/mol. The first-order chi connectivity index (χ1) is 6.34. The van der Waals surface area contributed by atoms with Crippen molar-refractivity contribution < 1.29 is 9.84 Å². The summed E-state index contributed by atoms with van der Waals surface area (Å²) < 4.78 is 5.51. The molecule has 0 aromatic heterocycles. The fourth-order valence-corrected chi connectivity index (χ4v) is 1.82. The first-order valence-corrected chi connectivity index (χ1v) is 5.25. The summed E-state index contributed by atoms with van der Waals surface area (Å²) >= 11 is 0. The summed E-state index contributed by atoms with van der Waals surface area (Å²) in [6.45, 7) is 4.16. The molecule has 13 heavy (non-hydrogen) atoms. The largest absolute Gasteiger partial charge is 0.390 e. The van der Waals surface area contributed by atoms with Crippen LogP contribution in [0.15, 0.2) is 12.7 Å². The van der Waals surface area contributed by atoms with Crippen LogP contribution in [-0.4, -0.2) is 23.9 Å². The third-order valence-electron chi connectivity index (χ3n) is 2.60. The molecule has 76 valence electrons. The lowest BCUT2D eigenvalue weighted by Gasteiger charge is -2.24. The topological polar surface area (TPSA) is 29.5 Å². The normalized spacial score (nSPS) is 30.5. The number of aliphatic hydroxyl groups is 1. The highest BCUT2D eigenvalue weighted by Crippen LogP contribution is 2.19. The minimum atomic E-state index is -0.264. The van der Waals surface area contributed by atoms with Gasteiger partial charge >= 0.3 is 0 Å². The molecule has 1 saturated carbocycles. The van der Waals surface area contributed by atoms with Crippen LogP contribution in [-0.2, 0) is 4.74 Å². The van der Waals surface area contributed by atoms with Crippen LogP contribution >= 0.6 is 0 Å². The van der Waals surface area contributed by atoms with Crippen LogP contribution in [0.5, 0.6) is 0 Å². The molecule has 0 heterocycles. The molecule has 0 radical (unpaired) electrons. The quantitative estimate of drug-likeness (QED) is 0.682. The summed E-state index contributed by atoms with van der Waals surface area (Å²) in [5.41, 5.74) is 0. The summed E-state index contributed by atoms with van der Waals surface area (Å²) in [6.07, 6.45) is 8.25. The number of ether oxygens (including phenoxy) is 1. The third-order valence-corrected chi connectivity index (χ3v) is 2.60. The van der Waals surface area contributed by atoms with Crippen LogP contribution in [0.3, 0.4) is 0 Å². The fourth-order valence-electron chi connectivity index (χ4n) is 1.82. The Morgan fingerprint density at radius 2 is 1.92 bits per heavy atom. The van der Waals surface area contributed by atoms with E-state index in [1.54, 1.807) is 6.08 Å². The van der Waals surface area contributed by atoms with Crippen LogP contribution in [0, 0.1) is 0 Å². The average molecular weight is 184 g/mol. The zero-order chi connectivity index (χ0) is 9.52. The molecular weight excluding hydrogens is 164 g/mol. The molecule has 0 bridgehead atoms. The van der Waals surface area contributed by atoms with Gasteiger partial charge in [-0.1, -0.05) is 31.8 Å². The smallest absolute Gasteiger partial charge is 0.0838 e. The van der Waals surface area contributed by atoms with Crippen LogP contribution in [0.4, 0.5) is 0 Å². The van der Waals surface area contributed by atoms with Gasteiger partial charge in [0.25, 0.3) is 0 Å². The summed E-state index contributed by atoms with van der Waals surface area (Å²) in [5, 5.41) is 9.74. The Morgan fingerprint density at radius 3 is 2.62 bits per heavy atom. The van der Waals surface area contributed by atoms with Crippen molar-refractivity contribution in [2.24, 2.45) is 0 Å². The zero-order valence-electron chi connectivity index (χ0n) is 8.24. The molecule has 0 aliphatic heterocycles. The third kappa shape index (κ3) is 3.92. The summed E-state index contributed by atoms with van der Waals surface area (Å²) in [7, 11) is 0. The highest BCUT2D eigenvalue weighted by molar-refractivity contribution is 4.74. The van der Waals surface area contributed by atoms with E-state index >= 15 is 0 Å². The van der Waals surface area contributed by atoms with E-state index in [0.717, 1.165) is 19.3 Å². The lowest BCUT2D eigenvalue weighted by molar-refractivity contribution is -0.0391. The molecule has 1 fully saturated rings. The lowest BCUT2D eigenvalue weighted by atomic mass is 9.96. The Hall–Kier alpha value is -0.340. The van der Waals surface area contributed by atoms with E-state index in [0.29, 0.717) is 6.61 Å². The van der Waals surface area contributed by atoms with Crippen LogP contribution < -0.4 is 0 Å². The minimum absolute atomic E-state index is 0.0401. The van der Waals surface area contributed by atoms with Gasteiger partial charge in [-0.3, -0.25) is 0 Å². The van der Waals surface area contributed by atoms with Gasteiger partial charge in [-0.05, 0) is 12.8 Å². The van der Waals surface area contributed by atoms with Gasteiger partial charge in [-0.25, -0.2) is 0 Å². The Balaban J connectivity index is 2.32. The molecule has 0 saturated heterocycles. The van der Waals surface area contributed by atoms with Crippen molar-refractivity contribution in [1.82, 2.24) is 0 Å². The molecule has 0 spiro atoms. The monoisotopic (exact) mass is 184 g/mol. The Bertz CT molecular complexity index is 145. The SMILES string of the molecule is C=CCOC1CCCCCCC1O. The summed E-state index contributed by atoms with van der Waals surface area (Å²) in [4.78, 5) is 0. The maximum Gasteiger partial charge on any atom is 0.0838 e. The van der Waals surface area contributed by atoms with Gasteiger partial charge in [0, 0.05) is 0 Å². The van der Waals surface area contributed by atoms with Gasteiger partial charge in [-0.2, -0.15) is 0 Å². The van der Waals surface area contributed by atoms with Crippen LogP contribution in [0.25, 0.3) is 0 Å². The van der Waals surface area contributed by atoms with Gasteiger partial charge in [-0.15, -0.1) is 6.58 Å². The van der Waals surface area contributed by atoms with Gasteiger partial charge in [0.1, 0.15) is 0 Å². The van der Waals surface area contributed by atoms with Crippen molar-refractivity contribution in [3.63, 3.8) is 0 Å². The van der Waals surface area contributed by atoms with E-state index in [1.807, 2.05) is 0 Å². The van der Waals surface area contributed by atoms with Gasteiger partial charge in [0.05, 0.1) is 18.8 Å². The molecule has 2 nitrogen and oxygen atoms in total. The molecule has 2 unspecified atom stereocenters. The van der Waals surface area contributed by atoms with E-state index in [2.05, 4.69) is 6.58 Å². The second-order valence-electron chi connectivity index (χ2n) is 3.72. The van der Waals surface area contributed by atoms with Crippen molar-refractivity contribution in [2.45, 2.75) is 50.7 Å². The van der Waals surface area contributed by atoms with Crippen LogP contribution in [0.2, 0.25) is 0 Å². The van der Waals surface area contributed by atoms with Crippen molar-refractivity contribution in [2.75, 3.05) is 6.61 Å². The molecule has 2 heteroatoms. The van der Waals surface area contributed by atoms with Crippen molar-refractivity contribution in [3.05, 3.63) is 12.7 Å². The molecular formula is C11H20O2. The number of rotatable bonds is 3. The molecule has 0 aromatic rings. The van der Waals surface area contributed by atoms with Gasteiger partial charge in [0.2, 0.25) is 0 Å². The highest BCUT2D eigenvalue weighted by Gasteiger charge is 2.20.